The van der Waals surface area contributed by atoms with Crippen molar-refractivity contribution in [2.75, 3.05) is 80.8 Å². The summed E-state index contributed by atoms with van der Waals surface area (Å²) in [6, 6.07) is 17.4. The molecule has 5 unspecified atom stereocenters. The molecule has 1 heterocycles. The minimum Gasteiger partial charge on any atom is -0.496 e. The van der Waals surface area contributed by atoms with Crippen LogP contribution in [0.3, 0.4) is 0 Å². The van der Waals surface area contributed by atoms with Crippen LogP contribution in [0.25, 0.3) is 5.76 Å². The fraction of sp³-hybridized carbons (Fsp3) is 0.731. The zero-order valence-corrected chi connectivity index (χ0v) is 43.4. The van der Waals surface area contributed by atoms with E-state index in [4.69, 9.17) is 28.7 Å². The number of aryl methyl sites for hydroxylation is 2. The average Bonchev–Trinajstić information content (AvgIpc) is 3.21. The van der Waals surface area contributed by atoms with Crippen molar-refractivity contribution in [3.05, 3.63) is 76.4 Å². The summed E-state index contributed by atoms with van der Waals surface area (Å²) in [6.07, 6.45) is 12.0. The Labute approximate surface area is 396 Å². The van der Waals surface area contributed by atoms with Crippen LogP contribution < -0.4 is 0 Å². The molecular formula is C52H82Br2N2O6+2. The lowest BCUT2D eigenvalue weighted by atomic mass is 9.45. The molecule has 0 N–H and O–H groups in total. The van der Waals surface area contributed by atoms with E-state index in [2.05, 4.69) is 104 Å². The second-order valence-corrected chi connectivity index (χ2v) is 21.2. The number of nitrogens with zero attached hydrogens (tertiary/aromatic N) is 2. The molecule has 5 atom stereocenters. The van der Waals surface area contributed by atoms with Crippen LogP contribution in [0.4, 0.5) is 0 Å². The molecule has 1 aliphatic heterocycles. The zero-order chi connectivity index (χ0) is 42.6. The van der Waals surface area contributed by atoms with Crippen molar-refractivity contribution in [1.82, 2.24) is 0 Å². The van der Waals surface area contributed by atoms with E-state index >= 15 is 0 Å². The maximum atomic E-state index is 6.78. The summed E-state index contributed by atoms with van der Waals surface area (Å²) in [6.45, 7) is 22.1. The highest BCUT2D eigenvalue weighted by Crippen LogP contribution is 2.71. The van der Waals surface area contributed by atoms with Gasteiger partial charge in [-0.25, -0.2) is 4.89 Å². The van der Waals surface area contributed by atoms with Crippen molar-refractivity contribution in [1.29, 1.82) is 0 Å². The van der Waals surface area contributed by atoms with Crippen molar-refractivity contribution < 1.29 is 37.7 Å². The topological polar surface area (TPSA) is 55.4 Å². The Kier molecular flexibility index (Phi) is 15.7. The number of likely N-dealkylation sites (N-methyl/N-ethyl adjacent to an activating group) is 2. The van der Waals surface area contributed by atoms with Crippen LogP contribution in [-0.2, 0) is 34.5 Å². The lowest BCUT2D eigenvalue weighted by molar-refractivity contribution is -0.906. The van der Waals surface area contributed by atoms with Gasteiger partial charge in [-0.05, 0) is 141 Å². The Morgan fingerprint density at radius 2 is 1.15 bits per heavy atom. The molecule has 0 radical (unpaired) electrons. The standard InChI is InChI=1S/C26H40NO4.C26H40NO2.2BrH/c1-6-27(4,7-2)11-12-29-24-16-20-14-22(17-24)25(23(15-20)18-24)26(28-5,31-30-25)21-10-8-9-19(3)13-21;1-6-27(4,7-2)11-12-29-26-16-20-14-22(17-26)24(23(15-20)18-26)25(28-5)21-10-8-9-19(3)13-21;;/h8-10,13,20,22-23H,6-7,11-12,14-18H2,1-5H3;8-10,13,20,22-23H,6-7,11-12,14-18H2,1-5H3;2*1H/q2*+1;;. The monoisotopic (exact) mass is 988 g/mol. The highest BCUT2D eigenvalue weighted by Gasteiger charge is 2.78. The second-order valence-electron chi connectivity index (χ2n) is 21.2. The third-order valence-corrected chi connectivity index (χ3v) is 17.7. The molecule has 62 heavy (non-hydrogen) atoms. The number of ether oxygens (including phenoxy) is 4. The van der Waals surface area contributed by atoms with Gasteiger partial charge in [0.1, 0.15) is 18.8 Å². The molecule has 8 aliphatic carbocycles. The van der Waals surface area contributed by atoms with Crippen molar-refractivity contribution >= 4 is 39.7 Å². The van der Waals surface area contributed by atoms with Gasteiger partial charge in [-0.3, -0.25) is 0 Å². The van der Waals surface area contributed by atoms with Crippen molar-refractivity contribution in [3.63, 3.8) is 0 Å². The predicted molar refractivity (Wildman–Crippen MR) is 259 cm³/mol. The van der Waals surface area contributed by atoms with E-state index in [1.807, 2.05) is 7.11 Å². The van der Waals surface area contributed by atoms with Crippen LogP contribution in [0.2, 0.25) is 0 Å². The number of rotatable bonds is 16. The SMILES string of the molecule is Br.Br.CC[N+](C)(CC)CCOC12CC3CC(C1)C(=C(OC)c1cccc(C)c1)C(C3)C2.CC[N+](C)(CC)CCOC12CC3CC(C1)C1(OOC1(OC)c1cccc(C)c1)C(C3)C2. The Hall–Kier alpha value is -1.34. The molecule has 1 spiro atoms. The molecule has 0 amide bonds. The summed E-state index contributed by atoms with van der Waals surface area (Å²) in [4.78, 5) is 12.1. The van der Waals surface area contributed by atoms with Crippen LogP contribution in [-0.4, -0.2) is 107 Å². The molecule has 0 aromatic heterocycles. The van der Waals surface area contributed by atoms with Gasteiger partial charge in [0.2, 0.25) is 0 Å². The number of halogens is 2. The molecule has 11 rings (SSSR count). The van der Waals surface area contributed by atoms with E-state index in [9.17, 15) is 0 Å². The first kappa shape index (κ1) is 50.1. The van der Waals surface area contributed by atoms with Gasteiger partial charge in [-0.15, -0.1) is 34.0 Å². The third kappa shape index (κ3) is 8.94. The summed E-state index contributed by atoms with van der Waals surface area (Å²) in [5.74, 6) is 4.01. The first-order valence-corrected chi connectivity index (χ1v) is 24.0. The highest BCUT2D eigenvalue weighted by atomic mass is 79.9. The molecule has 8 saturated carbocycles. The van der Waals surface area contributed by atoms with Crippen LogP contribution in [0, 0.1) is 49.4 Å². The smallest absolute Gasteiger partial charge is 0.260 e. The Morgan fingerprint density at radius 1 is 0.645 bits per heavy atom. The number of benzene rings is 2. The fourth-order valence-electron chi connectivity index (χ4n) is 13.9. The van der Waals surface area contributed by atoms with Crippen LogP contribution in [0.1, 0.15) is 114 Å². The fourth-order valence-corrected chi connectivity index (χ4v) is 13.9. The molecule has 8 bridgehead atoms. The van der Waals surface area contributed by atoms with E-state index < -0.39 is 11.4 Å². The first-order valence-electron chi connectivity index (χ1n) is 24.0. The zero-order valence-electron chi connectivity index (χ0n) is 40.0. The van der Waals surface area contributed by atoms with Gasteiger partial charge in [0.15, 0.2) is 5.60 Å². The number of allylic oxidation sites excluding steroid dienone is 1. The summed E-state index contributed by atoms with van der Waals surface area (Å²) < 4.78 is 27.9. The van der Waals surface area contributed by atoms with Gasteiger partial charge in [0, 0.05) is 30.1 Å². The lowest BCUT2D eigenvalue weighted by Gasteiger charge is -2.70. The van der Waals surface area contributed by atoms with E-state index in [0.29, 0.717) is 23.7 Å². The normalized spacial score (nSPS) is 34.8. The Morgan fingerprint density at radius 3 is 1.60 bits per heavy atom. The number of hydrogen-bond donors (Lipinski definition) is 0. The van der Waals surface area contributed by atoms with Crippen LogP contribution in [0.15, 0.2) is 54.1 Å². The van der Waals surface area contributed by atoms with E-state index in [1.165, 1.54) is 81.1 Å². The van der Waals surface area contributed by atoms with Gasteiger partial charge in [-0.1, -0.05) is 53.6 Å². The molecule has 1 saturated heterocycles. The maximum absolute atomic E-state index is 6.78. The van der Waals surface area contributed by atoms with E-state index in [1.54, 1.807) is 12.7 Å². The molecule has 2 aromatic rings. The van der Waals surface area contributed by atoms with Crippen LogP contribution in [0.5, 0.6) is 0 Å². The molecule has 2 aromatic carbocycles. The van der Waals surface area contributed by atoms with Crippen molar-refractivity contribution in [2.45, 2.75) is 128 Å². The average molecular weight is 991 g/mol. The van der Waals surface area contributed by atoms with Crippen molar-refractivity contribution in [2.24, 2.45) is 35.5 Å². The third-order valence-electron chi connectivity index (χ3n) is 17.7. The maximum Gasteiger partial charge on any atom is 0.260 e. The summed E-state index contributed by atoms with van der Waals surface area (Å²) in [5, 5.41) is 0. The predicted octanol–water partition coefficient (Wildman–Crippen LogP) is 11.2. The minimum atomic E-state index is -0.803. The Balaban J connectivity index is 0.000000201. The molecule has 9 fully saturated rings. The summed E-state index contributed by atoms with van der Waals surface area (Å²) >= 11 is 0. The van der Waals surface area contributed by atoms with Crippen LogP contribution >= 0.6 is 34.0 Å². The molecular weight excluding hydrogens is 908 g/mol. The van der Waals surface area contributed by atoms with Gasteiger partial charge in [0.25, 0.3) is 5.79 Å². The summed E-state index contributed by atoms with van der Waals surface area (Å²) in [5.41, 5.74) is 6.20. The minimum absolute atomic E-state index is 0. The lowest BCUT2D eigenvalue weighted by Crippen LogP contribution is -2.78. The highest BCUT2D eigenvalue weighted by molar-refractivity contribution is 8.93. The summed E-state index contributed by atoms with van der Waals surface area (Å²) in [7, 11) is 8.33. The van der Waals surface area contributed by atoms with Crippen molar-refractivity contribution in [3.8, 4) is 0 Å². The molecule has 8 nitrogen and oxygen atoms in total. The Bertz CT molecular complexity index is 1830. The number of quaternary nitrogens is 2. The van der Waals surface area contributed by atoms with E-state index in [-0.39, 0.29) is 45.2 Å². The van der Waals surface area contributed by atoms with Gasteiger partial charge >= 0.3 is 0 Å². The van der Waals surface area contributed by atoms with Gasteiger partial charge in [-0.2, -0.15) is 4.89 Å². The number of hydrogen-bond acceptors (Lipinski definition) is 6. The van der Waals surface area contributed by atoms with Gasteiger partial charge < -0.3 is 27.9 Å². The van der Waals surface area contributed by atoms with Gasteiger partial charge in [0.05, 0.1) is 71.8 Å². The number of methoxy groups -OCH3 is 2. The largest absolute Gasteiger partial charge is 0.496 e. The molecule has 9 aliphatic rings. The quantitative estimate of drug-likeness (QED) is 0.0949. The molecule has 348 valence electrons. The second kappa shape index (κ2) is 19.5. The van der Waals surface area contributed by atoms with E-state index in [0.717, 1.165) is 84.4 Å². The molecule has 10 heteroatoms. The first-order chi connectivity index (χ1) is 28.7.